The summed E-state index contributed by atoms with van der Waals surface area (Å²) in [7, 11) is 3.60. The average Bonchev–Trinajstić information content (AvgIpc) is 3.20. The van der Waals surface area contributed by atoms with Gasteiger partial charge in [0.05, 0.1) is 17.2 Å². The number of carbonyl (C=O) groups is 2. The maximum atomic E-state index is 12.1. The van der Waals surface area contributed by atoms with Crippen LogP contribution in [-0.4, -0.2) is 66.4 Å². The molecule has 0 saturated carbocycles. The van der Waals surface area contributed by atoms with Gasteiger partial charge in [0.2, 0.25) is 11.8 Å². The summed E-state index contributed by atoms with van der Waals surface area (Å²) in [6.07, 6.45) is 6.04. The molecule has 2 amide bonds. The van der Waals surface area contributed by atoms with E-state index in [1.165, 1.54) is 17.4 Å². The molecule has 1 N–H and O–H groups in total. The van der Waals surface area contributed by atoms with Crippen LogP contribution in [0.2, 0.25) is 0 Å². The van der Waals surface area contributed by atoms with Gasteiger partial charge in [-0.25, -0.2) is 4.98 Å². The van der Waals surface area contributed by atoms with Gasteiger partial charge in [0.25, 0.3) is 0 Å². The van der Waals surface area contributed by atoms with Crippen LogP contribution in [0.3, 0.4) is 0 Å². The smallest absolute Gasteiger partial charge is 0.244 e. The number of carbonyl (C=O) groups excluding carboxylic acids is 2. The van der Waals surface area contributed by atoms with Gasteiger partial charge in [-0.1, -0.05) is 0 Å². The SMILES string of the molecule is CN(C)C(=O)[C@@H]1CCCN1CCCNC(=O)/C=C/c1cscn1. The Morgan fingerprint density at radius 2 is 2.35 bits per heavy atom. The van der Waals surface area contributed by atoms with Crippen LogP contribution in [0, 0.1) is 0 Å². The summed E-state index contributed by atoms with van der Waals surface area (Å²) in [6.45, 7) is 2.40. The molecular weight excluding hydrogens is 312 g/mol. The largest absolute Gasteiger partial charge is 0.353 e. The van der Waals surface area contributed by atoms with Gasteiger partial charge >= 0.3 is 0 Å². The number of nitrogens with zero attached hydrogens (tertiary/aromatic N) is 3. The topological polar surface area (TPSA) is 65.5 Å². The summed E-state index contributed by atoms with van der Waals surface area (Å²) in [6, 6.07) is 0.00487. The molecule has 0 aromatic carbocycles. The zero-order valence-corrected chi connectivity index (χ0v) is 14.5. The Morgan fingerprint density at radius 1 is 1.52 bits per heavy atom. The summed E-state index contributed by atoms with van der Waals surface area (Å²) >= 11 is 1.50. The van der Waals surface area contributed by atoms with E-state index in [1.54, 1.807) is 30.6 Å². The summed E-state index contributed by atoms with van der Waals surface area (Å²) in [5.74, 6) is 0.0677. The van der Waals surface area contributed by atoms with Crippen LogP contribution in [0.5, 0.6) is 0 Å². The summed E-state index contributed by atoms with van der Waals surface area (Å²) in [4.78, 5) is 31.8. The predicted molar refractivity (Wildman–Crippen MR) is 92.1 cm³/mol. The maximum absolute atomic E-state index is 12.1. The molecule has 1 aromatic rings. The van der Waals surface area contributed by atoms with Gasteiger partial charge in [0.1, 0.15) is 0 Å². The van der Waals surface area contributed by atoms with Crippen molar-refractivity contribution in [3.8, 4) is 0 Å². The third kappa shape index (κ3) is 5.44. The monoisotopic (exact) mass is 336 g/mol. The molecule has 0 bridgehead atoms. The number of hydrogen-bond acceptors (Lipinski definition) is 5. The van der Waals surface area contributed by atoms with Crippen LogP contribution in [0.1, 0.15) is 25.0 Å². The van der Waals surface area contributed by atoms with Crippen molar-refractivity contribution in [2.24, 2.45) is 0 Å². The molecule has 6 nitrogen and oxygen atoms in total. The van der Waals surface area contributed by atoms with Crippen molar-refractivity contribution in [2.45, 2.75) is 25.3 Å². The maximum Gasteiger partial charge on any atom is 0.244 e. The van der Waals surface area contributed by atoms with Crippen molar-refractivity contribution in [3.63, 3.8) is 0 Å². The standard InChI is InChI=1S/C16H24N4O2S/c1-19(2)16(22)14-5-3-9-20(14)10-4-8-17-15(21)7-6-13-11-23-12-18-13/h6-7,11-12,14H,3-5,8-10H2,1-2H3,(H,17,21)/b7-6+/t14-/m0/s1. The molecule has 0 aliphatic carbocycles. The third-order valence-corrected chi connectivity index (χ3v) is 4.47. The molecule has 0 unspecified atom stereocenters. The number of likely N-dealkylation sites (tertiary alicyclic amines) is 1. The first kappa shape index (κ1) is 17.6. The van der Waals surface area contributed by atoms with Gasteiger partial charge in [-0.2, -0.15) is 0 Å². The van der Waals surface area contributed by atoms with Crippen molar-refractivity contribution in [1.82, 2.24) is 20.1 Å². The number of nitrogens with one attached hydrogen (secondary N) is 1. The van der Waals surface area contributed by atoms with E-state index >= 15 is 0 Å². The molecule has 7 heteroatoms. The second kappa shape index (κ2) is 8.79. The molecule has 0 radical (unpaired) electrons. The van der Waals surface area contributed by atoms with Gasteiger partial charge in [-0.3, -0.25) is 14.5 Å². The lowest BCUT2D eigenvalue weighted by Gasteiger charge is -2.25. The molecule has 1 aromatic heterocycles. The normalized spacial score (nSPS) is 18.4. The van der Waals surface area contributed by atoms with Gasteiger partial charge in [-0.05, 0) is 31.9 Å². The molecule has 1 aliphatic heterocycles. The van der Waals surface area contributed by atoms with Crippen LogP contribution in [-0.2, 0) is 9.59 Å². The van der Waals surface area contributed by atoms with Crippen molar-refractivity contribution in [2.75, 3.05) is 33.7 Å². The minimum absolute atomic E-state index is 0.00487. The summed E-state index contributed by atoms with van der Waals surface area (Å²) < 4.78 is 0. The van der Waals surface area contributed by atoms with Crippen LogP contribution in [0.25, 0.3) is 6.08 Å². The zero-order valence-electron chi connectivity index (χ0n) is 13.7. The molecule has 0 spiro atoms. The van der Waals surface area contributed by atoms with Crippen molar-refractivity contribution in [3.05, 3.63) is 22.7 Å². The molecule has 2 rings (SSSR count). The zero-order chi connectivity index (χ0) is 16.7. The molecule has 1 atom stereocenters. The Bertz CT molecular complexity index is 542. The number of aromatic nitrogens is 1. The Labute approximate surface area is 141 Å². The highest BCUT2D eigenvalue weighted by molar-refractivity contribution is 7.07. The fourth-order valence-electron chi connectivity index (χ4n) is 2.69. The predicted octanol–water partition coefficient (Wildman–Crippen LogP) is 1.22. The first-order chi connectivity index (χ1) is 11.1. The number of hydrogen-bond donors (Lipinski definition) is 1. The van der Waals surface area contributed by atoms with E-state index in [0.717, 1.165) is 38.0 Å². The molecular formula is C16H24N4O2S. The minimum atomic E-state index is -0.111. The van der Waals surface area contributed by atoms with Gasteiger partial charge in [0.15, 0.2) is 0 Å². The van der Waals surface area contributed by atoms with Crippen LogP contribution in [0.4, 0.5) is 0 Å². The van der Waals surface area contributed by atoms with E-state index < -0.39 is 0 Å². The van der Waals surface area contributed by atoms with Gasteiger partial charge in [0, 0.05) is 38.6 Å². The summed E-state index contributed by atoms with van der Waals surface area (Å²) in [5.41, 5.74) is 2.53. The van der Waals surface area contributed by atoms with Gasteiger partial charge in [-0.15, -0.1) is 11.3 Å². The molecule has 1 fully saturated rings. The Balaban J connectivity index is 1.66. The number of amides is 2. The number of rotatable bonds is 7. The lowest BCUT2D eigenvalue weighted by Crippen LogP contribution is -2.43. The first-order valence-electron chi connectivity index (χ1n) is 7.87. The lowest BCUT2D eigenvalue weighted by molar-refractivity contribution is -0.133. The van der Waals surface area contributed by atoms with Crippen LogP contribution >= 0.6 is 11.3 Å². The highest BCUT2D eigenvalue weighted by Gasteiger charge is 2.30. The number of thiazole rings is 1. The van der Waals surface area contributed by atoms with E-state index in [4.69, 9.17) is 0 Å². The first-order valence-corrected chi connectivity index (χ1v) is 8.81. The second-order valence-corrected chi connectivity index (χ2v) is 6.54. The Kier molecular flexibility index (Phi) is 6.73. The third-order valence-electron chi connectivity index (χ3n) is 3.87. The Hall–Kier alpha value is -1.73. The van der Waals surface area contributed by atoms with E-state index in [9.17, 15) is 9.59 Å². The highest BCUT2D eigenvalue weighted by atomic mass is 32.1. The average molecular weight is 336 g/mol. The van der Waals surface area contributed by atoms with Crippen LogP contribution in [0.15, 0.2) is 17.0 Å². The van der Waals surface area contributed by atoms with Crippen molar-refractivity contribution < 1.29 is 9.59 Å². The second-order valence-electron chi connectivity index (χ2n) is 5.82. The van der Waals surface area contributed by atoms with E-state index in [0.29, 0.717) is 6.54 Å². The molecule has 1 aliphatic rings. The quantitative estimate of drug-likeness (QED) is 0.600. The highest BCUT2D eigenvalue weighted by Crippen LogP contribution is 2.18. The van der Waals surface area contributed by atoms with Gasteiger partial charge < -0.3 is 10.2 Å². The number of likely N-dealkylation sites (N-methyl/N-ethyl adjacent to an activating group) is 1. The molecule has 1 saturated heterocycles. The van der Waals surface area contributed by atoms with E-state index in [1.807, 2.05) is 5.38 Å². The molecule has 126 valence electrons. The fraction of sp³-hybridized carbons (Fsp3) is 0.562. The minimum Gasteiger partial charge on any atom is -0.353 e. The van der Waals surface area contributed by atoms with Crippen LogP contribution < -0.4 is 5.32 Å². The molecule has 2 heterocycles. The fourth-order valence-corrected chi connectivity index (χ4v) is 3.21. The van der Waals surface area contributed by atoms with E-state index in [-0.39, 0.29) is 17.9 Å². The summed E-state index contributed by atoms with van der Waals surface area (Å²) in [5, 5.41) is 4.75. The van der Waals surface area contributed by atoms with Crippen molar-refractivity contribution in [1.29, 1.82) is 0 Å². The van der Waals surface area contributed by atoms with E-state index in [2.05, 4.69) is 15.2 Å². The Morgan fingerprint density at radius 3 is 3.04 bits per heavy atom. The molecule has 23 heavy (non-hydrogen) atoms. The van der Waals surface area contributed by atoms with Crippen molar-refractivity contribution >= 4 is 29.2 Å². The lowest BCUT2D eigenvalue weighted by atomic mass is 10.2.